The highest BCUT2D eigenvalue weighted by atomic mass is 32.1. The first-order chi connectivity index (χ1) is 16.2. The molecule has 1 N–H and O–H groups in total. The highest BCUT2D eigenvalue weighted by Gasteiger charge is 2.23. The topological polar surface area (TPSA) is 58.6 Å². The summed E-state index contributed by atoms with van der Waals surface area (Å²) >= 11 is 1.74. The monoisotopic (exact) mass is 456 g/mol. The number of amides is 2. The summed E-state index contributed by atoms with van der Waals surface area (Å²) in [5, 5.41) is 6.95. The van der Waals surface area contributed by atoms with Gasteiger partial charge in [0.1, 0.15) is 5.75 Å². The molecule has 6 heteroatoms. The molecule has 2 heterocycles. The zero-order valence-corrected chi connectivity index (χ0v) is 18.9. The third-order valence-electron chi connectivity index (χ3n) is 5.90. The maximum atomic E-state index is 13.1. The molecule has 3 aromatic carbocycles. The first-order valence-electron chi connectivity index (χ1n) is 11.0. The lowest BCUT2D eigenvalue weighted by molar-refractivity contribution is -0.134. The van der Waals surface area contributed by atoms with Gasteiger partial charge in [0, 0.05) is 24.5 Å². The van der Waals surface area contributed by atoms with Gasteiger partial charge in [-0.2, -0.15) is 0 Å². The molecule has 0 atom stereocenters. The number of carbonyl (C=O) groups is 2. The van der Waals surface area contributed by atoms with E-state index in [2.05, 4.69) is 16.8 Å². The van der Waals surface area contributed by atoms with Crippen molar-refractivity contribution in [2.75, 3.05) is 13.2 Å². The number of nitrogens with zero attached hydrogens (tertiary/aromatic N) is 1. The fourth-order valence-corrected chi connectivity index (χ4v) is 4.97. The molecular formula is C27H24N2O3S. The van der Waals surface area contributed by atoms with E-state index < -0.39 is 0 Å². The zero-order valence-electron chi connectivity index (χ0n) is 18.1. The minimum atomic E-state index is -0.229. The Bertz CT molecular complexity index is 1300. The Morgan fingerprint density at radius 3 is 2.55 bits per heavy atom. The summed E-state index contributed by atoms with van der Waals surface area (Å²) in [6.45, 7) is 1.62. The van der Waals surface area contributed by atoms with Crippen LogP contribution in [0.15, 0.2) is 78.2 Å². The van der Waals surface area contributed by atoms with Crippen molar-refractivity contribution in [3.8, 4) is 5.75 Å². The Balaban J connectivity index is 1.33. The van der Waals surface area contributed by atoms with Gasteiger partial charge in [-0.1, -0.05) is 54.6 Å². The average molecular weight is 457 g/mol. The smallest absolute Gasteiger partial charge is 0.260 e. The summed E-state index contributed by atoms with van der Waals surface area (Å²) in [6.07, 6.45) is 0.877. The van der Waals surface area contributed by atoms with Crippen molar-refractivity contribution in [3.05, 3.63) is 99.7 Å². The first-order valence-corrected chi connectivity index (χ1v) is 11.9. The van der Waals surface area contributed by atoms with Crippen molar-refractivity contribution in [2.45, 2.75) is 19.5 Å². The van der Waals surface area contributed by atoms with Gasteiger partial charge in [-0.25, -0.2) is 0 Å². The average Bonchev–Trinajstić information content (AvgIpc) is 3.34. The lowest BCUT2D eigenvalue weighted by atomic mass is 10.1. The van der Waals surface area contributed by atoms with Crippen LogP contribution in [0.2, 0.25) is 0 Å². The van der Waals surface area contributed by atoms with Crippen molar-refractivity contribution >= 4 is 33.9 Å². The Morgan fingerprint density at radius 2 is 1.73 bits per heavy atom. The lowest BCUT2D eigenvalue weighted by Crippen LogP contribution is -2.38. The van der Waals surface area contributed by atoms with Crippen LogP contribution in [0.1, 0.15) is 26.4 Å². The number of thiophene rings is 1. The van der Waals surface area contributed by atoms with E-state index in [1.165, 1.54) is 10.4 Å². The summed E-state index contributed by atoms with van der Waals surface area (Å²) < 4.78 is 5.95. The molecule has 1 aliphatic rings. The predicted octanol–water partition coefficient (Wildman–Crippen LogP) is 4.80. The van der Waals surface area contributed by atoms with Gasteiger partial charge in [-0.05, 0) is 51.9 Å². The van der Waals surface area contributed by atoms with Crippen LogP contribution < -0.4 is 10.1 Å². The minimum Gasteiger partial charge on any atom is -0.483 e. The fraction of sp³-hybridized carbons (Fsp3) is 0.185. The van der Waals surface area contributed by atoms with Crippen molar-refractivity contribution in [1.29, 1.82) is 0 Å². The molecule has 166 valence electrons. The van der Waals surface area contributed by atoms with Crippen molar-refractivity contribution in [2.24, 2.45) is 0 Å². The van der Waals surface area contributed by atoms with E-state index in [1.54, 1.807) is 11.3 Å². The molecule has 4 aromatic rings. The summed E-state index contributed by atoms with van der Waals surface area (Å²) in [7, 11) is 0. The Morgan fingerprint density at radius 1 is 0.970 bits per heavy atom. The van der Waals surface area contributed by atoms with Gasteiger partial charge in [0.15, 0.2) is 6.61 Å². The van der Waals surface area contributed by atoms with Crippen LogP contribution in [0.5, 0.6) is 5.75 Å². The quantitative estimate of drug-likeness (QED) is 0.454. The van der Waals surface area contributed by atoms with E-state index in [4.69, 9.17) is 4.74 Å². The van der Waals surface area contributed by atoms with E-state index in [0.717, 1.165) is 22.8 Å². The molecule has 0 saturated heterocycles. The minimum absolute atomic E-state index is 0.0735. The maximum Gasteiger partial charge on any atom is 0.260 e. The number of ether oxygens (including phenoxy) is 1. The molecule has 0 fully saturated rings. The van der Waals surface area contributed by atoms with Crippen LogP contribution in [0.4, 0.5) is 0 Å². The summed E-state index contributed by atoms with van der Waals surface area (Å²) in [6, 6.07) is 23.3. The lowest BCUT2D eigenvalue weighted by Gasteiger charge is -2.27. The summed E-state index contributed by atoms with van der Waals surface area (Å²) in [4.78, 5) is 29.1. The fourth-order valence-electron chi connectivity index (χ4n) is 4.08. The van der Waals surface area contributed by atoms with Gasteiger partial charge in [0.25, 0.3) is 11.8 Å². The van der Waals surface area contributed by atoms with Crippen LogP contribution in [-0.4, -0.2) is 29.9 Å². The van der Waals surface area contributed by atoms with Gasteiger partial charge in [0.2, 0.25) is 0 Å². The van der Waals surface area contributed by atoms with E-state index in [9.17, 15) is 9.59 Å². The molecule has 2 amide bonds. The number of fused-ring (bicyclic) bond motifs is 2. The van der Waals surface area contributed by atoms with Crippen LogP contribution in [0.3, 0.4) is 0 Å². The van der Waals surface area contributed by atoms with Gasteiger partial charge in [-0.3, -0.25) is 9.59 Å². The van der Waals surface area contributed by atoms with Gasteiger partial charge >= 0.3 is 0 Å². The summed E-state index contributed by atoms with van der Waals surface area (Å²) in [5.74, 6) is 0.115. The Labute approximate surface area is 196 Å². The Kier molecular flexibility index (Phi) is 6.09. The highest BCUT2D eigenvalue weighted by molar-refractivity contribution is 7.10. The SMILES string of the molecule is O=C(NCc1ccccc1)c1cc2ccccc2cc1OCC(=O)N1CCc2sccc2C1. The molecule has 0 radical (unpaired) electrons. The number of rotatable bonds is 6. The molecule has 0 aliphatic carbocycles. The van der Waals surface area contributed by atoms with Crippen LogP contribution in [0, 0.1) is 0 Å². The van der Waals surface area contributed by atoms with Crippen LogP contribution in [0.25, 0.3) is 10.8 Å². The van der Waals surface area contributed by atoms with Gasteiger partial charge in [0.05, 0.1) is 5.56 Å². The van der Waals surface area contributed by atoms with Crippen molar-refractivity contribution in [3.63, 3.8) is 0 Å². The molecule has 1 aliphatic heterocycles. The van der Waals surface area contributed by atoms with Crippen LogP contribution in [-0.2, 0) is 24.3 Å². The normalized spacial score (nSPS) is 12.9. The maximum absolute atomic E-state index is 13.1. The number of nitrogens with one attached hydrogen (secondary N) is 1. The molecule has 1 aromatic heterocycles. The second-order valence-corrected chi connectivity index (χ2v) is 9.09. The van der Waals surface area contributed by atoms with Gasteiger partial charge < -0.3 is 15.0 Å². The molecule has 5 nitrogen and oxygen atoms in total. The Hall–Kier alpha value is -3.64. The van der Waals surface area contributed by atoms with E-state index >= 15 is 0 Å². The van der Waals surface area contributed by atoms with Gasteiger partial charge in [-0.15, -0.1) is 11.3 Å². The van der Waals surface area contributed by atoms with Crippen molar-refractivity contribution in [1.82, 2.24) is 10.2 Å². The molecule has 33 heavy (non-hydrogen) atoms. The second-order valence-electron chi connectivity index (χ2n) is 8.09. The molecular weight excluding hydrogens is 432 g/mol. The van der Waals surface area contributed by atoms with E-state index in [0.29, 0.717) is 30.9 Å². The predicted molar refractivity (Wildman–Crippen MR) is 130 cm³/mol. The molecule has 0 unspecified atom stereocenters. The highest BCUT2D eigenvalue weighted by Crippen LogP contribution is 2.27. The first kappa shape index (κ1) is 21.2. The standard InChI is InChI=1S/C27H24N2O3S/c30-26(29-12-10-25-22(17-29)11-13-33-25)18-32-24-15-21-9-5-4-8-20(21)14-23(24)27(31)28-16-19-6-2-1-3-7-19/h1-9,11,13-15H,10,12,16-18H2,(H,28,31). The van der Waals surface area contributed by atoms with E-state index in [-0.39, 0.29) is 18.4 Å². The van der Waals surface area contributed by atoms with Crippen LogP contribution >= 0.6 is 11.3 Å². The zero-order chi connectivity index (χ0) is 22.6. The number of benzene rings is 3. The van der Waals surface area contributed by atoms with Crippen molar-refractivity contribution < 1.29 is 14.3 Å². The molecule has 0 spiro atoms. The largest absolute Gasteiger partial charge is 0.483 e. The van der Waals surface area contributed by atoms with E-state index in [1.807, 2.05) is 71.6 Å². The summed E-state index contributed by atoms with van der Waals surface area (Å²) in [5.41, 5.74) is 2.66. The number of carbonyl (C=O) groups excluding carboxylic acids is 2. The second kappa shape index (κ2) is 9.46. The molecule has 5 rings (SSSR count). The molecule has 0 saturated carbocycles. The third kappa shape index (κ3) is 4.76. The number of hydrogen-bond donors (Lipinski definition) is 1. The third-order valence-corrected chi connectivity index (χ3v) is 6.92. The number of hydrogen-bond acceptors (Lipinski definition) is 4. The molecule has 0 bridgehead atoms.